The fraction of sp³-hybridized carbons (Fsp3) is 0.444. The number of tetrazole rings is 1. The van der Waals surface area contributed by atoms with Gasteiger partial charge in [0.1, 0.15) is 16.7 Å². The topological polar surface area (TPSA) is 81.4 Å². The minimum atomic E-state index is 0.702. The molecule has 0 spiro atoms. The van der Waals surface area contributed by atoms with Gasteiger partial charge in [-0.1, -0.05) is 6.92 Å². The maximum atomic E-state index is 4.42. The first-order chi connectivity index (χ1) is 8.22. The third kappa shape index (κ3) is 2.70. The van der Waals surface area contributed by atoms with E-state index in [4.69, 9.17) is 0 Å². The Morgan fingerprint density at radius 2 is 2.24 bits per heavy atom. The summed E-state index contributed by atoms with van der Waals surface area (Å²) in [5.41, 5.74) is 0. The van der Waals surface area contributed by atoms with Crippen molar-refractivity contribution in [2.45, 2.75) is 23.5 Å². The summed E-state index contributed by atoms with van der Waals surface area (Å²) in [5.74, 6) is 1.60. The van der Waals surface area contributed by atoms with Gasteiger partial charge in [-0.15, -0.1) is 5.10 Å². The van der Waals surface area contributed by atoms with E-state index in [1.807, 2.05) is 20.0 Å². The van der Waals surface area contributed by atoms with E-state index in [2.05, 4.69) is 30.8 Å². The van der Waals surface area contributed by atoms with Crippen LogP contribution in [0.5, 0.6) is 0 Å². The fourth-order valence-corrected chi connectivity index (χ4v) is 1.97. The van der Waals surface area contributed by atoms with Crippen LogP contribution in [-0.2, 0) is 13.5 Å². The van der Waals surface area contributed by atoms with Crippen molar-refractivity contribution in [3.8, 4) is 0 Å². The van der Waals surface area contributed by atoms with Crippen LogP contribution in [0.4, 0.5) is 5.82 Å². The molecule has 0 bridgehead atoms. The Kier molecular flexibility index (Phi) is 3.52. The van der Waals surface area contributed by atoms with Crippen LogP contribution in [0.2, 0.25) is 0 Å². The van der Waals surface area contributed by atoms with Gasteiger partial charge in [0.2, 0.25) is 5.16 Å². The molecule has 2 aromatic rings. The van der Waals surface area contributed by atoms with Crippen LogP contribution < -0.4 is 5.32 Å². The smallest absolute Gasteiger partial charge is 0.215 e. The molecule has 1 N–H and O–H groups in total. The van der Waals surface area contributed by atoms with E-state index in [0.29, 0.717) is 5.16 Å². The predicted molar refractivity (Wildman–Crippen MR) is 63.9 cm³/mol. The van der Waals surface area contributed by atoms with Crippen LogP contribution >= 0.6 is 11.8 Å². The minimum absolute atomic E-state index is 0.702. The first kappa shape index (κ1) is 11.8. The first-order valence-corrected chi connectivity index (χ1v) is 6.00. The molecule has 0 radical (unpaired) electrons. The Morgan fingerprint density at radius 3 is 2.82 bits per heavy atom. The Bertz CT molecular complexity index is 488. The zero-order valence-corrected chi connectivity index (χ0v) is 10.7. The van der Waals surface area contributed by atoms with E-state index in [0.717, 1.165) is 23.1 Å². The van der Waals surface area contributed by atoms with Crippen LogP contribution in [0.3, 0.4) is 0 Å². The van der Waals surface area contributed by atoms with Crippen LogP contribution in [0.1, 0.15) is 12.7 Å². The zero-order chi connectivity index (χ0) is 12.3. The lowest BCUT2D eigenvalue weighted by Crippen LogP contribution is -2.01. The fourth-order valence-electron chi connectivity index (χ4n) is 1.21. The van der Waals surface area contributed by atoms with E-state index >= 15 is 0 Å². The molecule has 0 saturated heterocycles. The first-order valence-electron chi connectivity index (χ1n) is 5.19. The zero-order valence-electron chi connectivity index (χ0n) is 9.88. The van der Waals surface area contributed by atoms with Gasteiger partial charge in [0.25, 0.3) is 0 Å². The summed E-state index contributed by atoms with van der Waals surface area (Å²) in [6.45, 7) is 2.02. The summed E-state index contributed by atoms with van der Waals surface area (Å²) in [4.78, 5) is 8.75. The molecule has 90 valence electrons. The SMILES string of the molecule is CCc1nc(NC)cc(Sc2nnnn2C)n1. The van der Waals surface area contributed by atoms with E-state index in [9.17, 15) is 0 Å². The average Bonchev–Trinajstić information content (AvgIpc) is 2.74. The molecule has 2 aromatic heterocycles. The second-order valence-electron chi connectivity index (χ2n) is 3.30. The molecule has 8 heteroatoms. The number of nitrogens with zero attached hydrogens (tertiary/aromatic N) is 6. The summed E-state index contributed by atoms with van der Waals surface area (Å²) >= 11 is 1.42. The molecule has 2 rings (SSSR count). The lowest BCUT2D eigenvalue weighted by molar-refractivity contribution is 0.664. The quantitative estimate of drug-likeness (QED) is 0.803. The van der Waals surface area contributed by atoms with Gasteiger partial charge in [-0.3, -0.25) is 0 Å². The van der Waals surface area contributed by atoms with Gasteiger partial charge in [0.15, 0.2) is 0 Å². The van der Waals surface area contributed by atoms with E-state index < -0.39 is 0 Å². The third-order valence-electron chi connectivity index (χ3n) is 2.10. The highest BCUT2D eigenvalue weighted by Gasteiger charge is 2.08. The van der Waals surface area contributed by atoms with Gasteiger partial charge in [0.05, 0.1) is 0 Å². The maximum Gasteiger partial charge on any atom is 0.215 e. The molecule has 0 aliphatic carbocycles. The summed E-state index contributed by atoms with van der Waals surface area (Å²) in [6, 6.07) is 1.87. The van der Waals surface area contributed by atoms with Crippen LogP contribution in [-0.4, -0.2) is 37.2 Å². The molecule has 0 aromatic carbocycles. The lowest BCUT2D eigenvalue weighted by atomic mass is 10.4. The van der Waals surface area contributed by atoms with Crippen molar-refractivity contribution in [3.63, 3.8) is 0 Å². The number of rotatable bonds is 4. The molecular formula is C9H13N7S. The van der Waals surface area contributed by atoms with Crippen molar-refractivity contribution in [2.75, 3.05) is 12.4 Å². The van der Waals surface area contributed by atoms with Gasteiger partial charge in [-0.25, -0.2) is 14.6 Å². The molecule has 0 atom stereocenters. The monoisotopic (exact) mass is 251 g/mol. The van der Waals surface area contributed by atoms with Gasteiger partial charge < -0.3 is 5.32 Å². The van der Waals surface area contributed by atoms with Crippen molar-refractivity contribution in [3.05, 3.63) is 11.9 Å². The van der Waals surface area contributed by atoms with E-state index in [1.165, 1.54) is 11.8 Å². The molecule has 0 fully saturated rings. The van der Waals surface area contributed by atoms with Crippen molar-refractivity contribution in [2.24, 2.45) is 7.05 Å². The van der Waals surface area contributed by atoms with E-state index in [-0.39, 0.29) is 0 Å². The third-order valence-corrected chi connectivity index (χ3v) is 3.05. The molecule has 0 amide bonds. The molecule has 0 aliphatic heterocycles. The summed E-state index contributed by atoms with van der Waals surface area (Å²) < 4.78 is 1.61. The van der Waals surface area contributed by atoms with Crippen LogP contribution in [0, 0.1) is 0 Å². The largest absolute Gasteiger partial charge is 0.373 e. The second-order valence-corrected chi connectivity index (χ2v) is 4.29. The number of aryl methyl sites for hydroxylation is 2. The standard InChI is InChI=1S/C9H13N7S/c1-4-6-11-7(10-2)5-8(12-6)17-9-13-14-15-16(9)3/h5H,4H2,1-3H3,(H,10,11,12). The second kappa shape index (κ2) is 5.09. The average molecular weight is 251 g/mol. The van der Waals surface area contributed by atoms with Crippen LogP contribution in [0.25, 0.3) is 0 Å². The molecule has 0 saturated carbocycles. The maximum absolute atomic E-state index is 4.42. The van der Waals surface area contributed by atoms with Gasteiger partial charge >= 0.3 is 0 Å². The summed E-state index contributed by atoms with van der Waals surface area (Å²) in [6.07, 6.45) is 0.792. The van der Waals surface area contributed by atoms with Crippen molar-refractivity contribution < 1.29 is 0 Å². The Hall–Kier alpha value is -1.70. The molecule has 0 aliphatic rings. The Morgan fingerprint density at radius 1 is 1.41 bits per heavy atom. The van der Waals surface area contributed by atoms with Gasteiger partial charge in [-0.2, -0.15) is 0 Å². The lowest BCUT2D eigenvalue weighted by Gasteiger charge is -2.05. The number of anilines is 1. The number of hydrogen-bond acceptors (Lipinski definition) is 7. The van der Waals surface area contributed by atoms with Crippen LogP contribution in [0.15, 0.2) is 16.2 Å². The highest BCUT2D eigenvalue weighted by Crippen LogP contribution is 2.24. The highest BCUT2D eigenvalue weighted by atomic mass is 32.2. The normalized spacial score (nSPS) is 10.5. The number of aromatic nitrogens is 6. The van der Waals surface area contributed by atoms with Gasteiger partial charge in [-0.05, 0) is 22.2 Å². The minimum Gasteiger partial charge on any atom is -0.373 e. The highest BCUT2D eigenvalue weighted by molar-refractivity contribution is 7.99. The predicted octanol–water partition coefficient (Wildman–Crippen LogP) is 0.755. The van der Waals surface area contributed by atoms with E-state index in [1.54, 1.807) is 11.7 Å². The molecule has 7 nitrogen and oxygen atoms in total. The van der Waals surface area contributed by atoms with Crippen molar-refractivity contribution in [1.82, 2.24) is 30.2 Å². The van der Waals surface area contributed by atoms with Gasteiger partial charge in [0, 0.05) is 26.6 Å². The molecular weight excluding hydrogens is 238 g/mol. The Balaban J connectivity index is 2.29. The summed E-state index contributed by atoms with van der Waals surface area (Å²) in [7, 11) is 3.63. The van der Waals surface area contributed by atoms with Crippen molar-refractivity contribution in [1.29, 1.82) is 0 Å². The molecule has 0 unspecified atom stereocenters. The van der Waals surface area contributed by atoms with Crippen molar-refractivity contribution >= 4 is 17.6 Å². The molecule has 2 heterocycles. The summed E-state index contributed by atoms with van der Waals surface area (Å²) in [5, 5.41) is 15.8. The molecule has 17 heavy (non-hydrogen) atoms. The number of hydrogen-bond donors (Lipinski definition) is 1. The number of nitrogens with one attached hydrogen (secondary N) is 1. The Labute approximate surface area is 103 Å².